The van der Waals surface area contributed by atoms with Crippen molar-refractivity contribution in [3.05, 3.63) is 45.7 Å². The average molecular weight is 227 g/mol. The lowest BCUT2D eigenvalue weighted by atomic mass is 9.86. The summed E-state index contributed by atoms with van der Waals surface area (Å²) in [6.07, 6.45) is 1.26. The minimum Gasteiger partial charge on any atom is -0.358 e. The number of fused-ring (bicyclic) bond motifs is 2. The summed E-state index contributed by atoms with van der Waals surface area (Å²) in [4.78, 5) is 27.4. The number of carbonyl (C=O) groups excluding carboxylic acids is 1. The van der Waals surface area contributed by atoms with Crippen LogP contribution in [0.5, 0.6) is 0 Å². The van der Waals surface area contributed by atoms with Crippen LogP contribution in [0.3, 0.4) is 0 Å². The van der Waals surface area contributed by atoms with Crippen LogP contribution in [0.25, 0.3) is 10.9 Å². The van der Waals surface area contributed by atoms with Crippen LogP contribution < -0.4 is 5.43 Å². The fourth-order valence-electron chi connectivity index (χ4n) is 2.57. The zero-order valence-corrected chi connectivity index (χ0v) is 9.62. The molecule has 0 aliphatic heterocycles. The number of H-pyrrole nitrogens is 1. The van der Waals surface area contributed by atoms with Crippen molar-refractivity contribution in [3.8, 4) is 0 Å². The summed E-state index contributed by atoms with van der Waals surface area (Å²) in [5.74, 6) is 0.289. The van der Waals surface area contributed by atoms with E-state index in [2.05, 4.69) is 4.98 Å². The van der Waals surface area contributed by atoms with Crippen LogP contribution >= 0.6 is 0 Å². The molecular weight excluding hydrogens is 214 g/mol. The van der Waals surface area contributed by atoms with Gasteiger partial charge in [0.05, 0.1) is 5.56 Å². The Kier molecular flexibility index (Phi) is 2.15. The molecule has 1 aliphatic carbocycles. The fourth-order valence-corrected chi connectivity index (χ4v) is 2.57. The first-order valence-electron chi connectivity index (χ1n) is 5.84. The monoisotopic (exact) mass is 227 g/mol. The second-order valence-electron chi connectivity index (χ2n) is 4.79. The maximum absolute atomic E-state index is 12.2. The number of aromatic amines is 1. The van der Waals surface area contributed by atoms with Crippen molar-refractivity contribution in [3.63, 3.8) is 0 Å². The van der Waals surface area contributed by atoms with E-state index in [4.69, 9.17) is 0 Å². The summed E-state index contributed by atoms with van der Waals surface area (Å²) in [7, 11) is 0. The molecule has 1 heterocycles. The summed E-state index contributed by atoms with van der Waals surface area (Å²) in [6, 6.07) is 7.35. The van der Waals surface area contributed by atoms with Gasteiger partial charge in [0.15, 0.2) is 11.2 Å². The molecule has 0 spiro atoms. The first kappa shape index (κ1) is 10.3. The van der Waals surface area contributed by atoms with E-state index < -0.39 is 0 Å². The molecule has 1 atom stereocenters. The van der Waals surface area contributed by atoms with Gasteiger partial charge in [0.25, 0.3) is 0 Å². The third kappa shape index (κ3) is 1.50. The number of ketones is 1. The molecule has 1 N–H and O–H groups in total. The maximum Gasteiger partial charge on any atom is 0.200 e. The second-order valence-corrected chi connectivity index (χ2v) is 4.79. The summed E-state index contributed by atoms with van der Waals surface area (Å²) < 4.78 is 0. The molecule has 0 bridgehead atoms. The molecular formula is C14H13NO2. The molecule has 0 fully saturated rings. The van der Waals surface area contributed by atoms with Crippen LogP contribution in [-0.4, -0.2) is 10.8 Å². The molecule has 17 heavy (non-hydrogen) atoms. The Morgan fingerprint density at radius 1 is 1.18 bits per heavy atom. The van der Waals surface area contributed by atoms with E-state index in [0.29, 0.717) is 23.3 Å². The van der Waals surface area contributed by atoms with Crippen molar-refractivity contribution in [1.29, 1.82) is 0 Å². The molecule has 3 rings (SSSR count). The highest BCUT2D eigenvalue weighted by molar-refractivity contribution is 6.01. The molecule has 1 aromatic carbocycles. The van der Waals surface area contributed by atoms with Gasteiger partial charge in [0, 0.05) is 23.0 Å². The number of nitrogens with one attached hydrogen (secondary N) is 1. The Balaban J connectivity index is 2.40. The fraction of sp³-hybridized carbons (Fsp3) is 0.286. The van der Waals surface area contributed by atoms with Crippen LogP contribution in [0.15, 0.2) is 29.1 Å². The van der Waals surface area contributed by atoms with Crippen LogP contribution in [0.4, 0.5) is 0 Å². The Morgan fingerprint density at radius 3 is 2.76 bits per heavy atom. The summed E-state index contributed by atoms with van der Waals surface area (Å²) in [6.45, 7) is 2.04. The quantitative estimate of drug-likeness (QED) is 0.750. The summed E-state index contributed by atoms with van der Waals surface area (Å²) in [5.41, 5.74) is 1.88. The van der Waals surface area contributed by atoms with Crippen molar-refractivity contribution in [2.24, 2.45) is 5.92 Å². The second kappa shape index (κ2) is 3.55. The van der Waals surface area contributed by atoms with E-state index in [1.165, 1.54) is 0 Å². The Morgan fingerprint density at radius 2 is 1.94 bits per heavy atom. The molecule has 0 saturated heterocycles. The number of hydrogen-bond acceptors (Lipinski definition) is 2. The number of hydrogen-bond donors (Lipinski definition) is 1. The number of para-hydroxylation sites is 1. The molecule has 1 aliphatic rings. The number of benzene rings is 1. The number of rotatable bonds is 0. The number of Topliss-reactive ketones (excluding diaryl/α,β-unsaturated/α-hetero) is 1. The molecule has 1 aromatic heterocycles. The SMILES string of the molecule is CC1CC(=O)c2c([nH]c3ccccc3c2=O)C1. The standard InChI is InChI=1S/C14H13NO2/c1-8-6-11-13(12(16)7-8)14(17)9-4-2-3-5-10(9)15-11/h2-5,8H,6-7H2,1H3,(H,15,17). The molecule has 0 amide bonds. The van der Waals surface area contributed by atoms with E-state index in [9.17, 15) is 9.59 Å². The van der Waals surface area contributed by atoms with E-state index in [1.807, 2.05) is 25.1 Å². The molecule has 86 valence electrons. The number of carbonyl (C=O) groups is 1. The first-order chi connectivity index (χ1) is 8.16. The van der Waals surface area contributed by atoms with Crippen LogP contribution in [-0.2, 0) is 6.42 Å². The summed E-state index contributed by atoms with van der Waals surface area (Å²) >= 11 is 0. The molecule has 0 saturated carbocycles. The predicted molar refractivity (Wildman–Crippen MR) is 66.4 cm³/mol. The molecule has 3 heteroatoms. The third-order valence-corrected chi connectivity index (χ3v) is 3.35. The summed E-state index contributed by atoms with van der Waals surface area (Å²) in [5, 5.41) is 0.606. The normalized spacial score (nSPS) is 19.4. The van der Waals surface area contributed by atoms with E-state index in [-0.39, 0.29) is 11.2 Å². The molecule has 2 aromatic rings. The average Bonchev–Trinajstić information content (AvgIpc) is 2.28. The van der Waals surface area contributed by atoms with Crippen molar-refractivity contribution in [2.75, 3.05) is 0 Å². The first-order valence-corrected chi connectivity index (χ1v) is 5.84. The molecule has 3 nitrogen and oxygen atoms in total. The van der Waals surface area contributed by atoms with Gasteiger partial charge in [-0.1, -0.05) is 19.1 Å². The maximum atomic E-state index is 12.2. The van der Waals surface area contributed by atoms with Crippen LogP contribution in [0.2, 0.25) is 0 Å². The lowest BCUT2D eigenvalue weighted by molar-refractivity contribution is 0.0951. The van der Waals surface area contributed by atoms with E-state index in [1.54, 1.807) is 6.07 Å². The Labute approximate surface area is 98.5 Å². The van der Waals surface area contributed by atoms with Gasteiger partial charge in [-0.25, -0.2) is 0 Å². The number of pyridine rings is 1. The number of aromatic nitrogens is 1. The minimum absolute atomic E-state index is 0.0225. The van der Waals surface area contributed by atoms with Gasteiger partial charge in [-0.15, -0.1) is 0 Å². The zero-order chi connectivity index (χ0) is 12.0. The van der Waals surface area contributed by atoms with Gasteiger partial charge >= 0.3 is 0 Å². The highest BCUT2D eigenvalue weighted by Crippen LogP contribution is 2.23. The lowest BCUT2D eigenvalue weighted by Crippen LogP contribution is -2.27. The van der Waals surface area contributed by atoms with Crippen molar-refractivity contribution < 1.29 is 4.79 Å². The topological polar surface area (TPSA) is 49.9 Å². The minimum atomic E-state index is -0.119. The van der Waals surface area contributed by atoms with Crippen LogP contribution in [0, 0.1) is 5.92 Å². The van der Waals surface area contributed by atoms with Crippen molar-refractivity contribution in [2.45, 2.75) is 19.8 Å². The highest BCUT2D eigenvalue weighted by atomic mass is 16.1. The largest absolute Gasteiger partial charge is 0.358 e. The van der Waals surface area contributed by atoms with Crippen molar-refractivity contribution >= 4 is 16.7 Å². The third-order valence-electron chi connectivity index (χ3n) is 3.35. The smallest absolute Gasteiger partial charge is 0.200 e. The van der Waals surface area contributed by atoms with E-state index in [0.717, 1.165) is 17.6 Å². The predicted octanol–water partition coefficient (Wildman–Crippen LogP) is 2.29. The van der Waals surface area contributed by atoms with Crippen molar-refractivity contribution in [1.82, 2.24) is 4.98 Å². The van der Waals surface area contributed by atoms with Gasteiger partial charge in [-0.05, 0) is 24.5 Å². The van der Waals surface area contributed by atoms with Crippen LogP contribution in [0.1, 0.15) is 29.4 Å². The van der Waals surface area contributed by atoms with E-state index >= 15 is 0 Å². The Hall–Kier alpha value is -1.90. The van der Waals surface area contributed by atoms with Gasteiger partial charge in [0.1, 0.15) is 0 Å². The highest BCUT2D eigenvalue weighted by Gasteiger charge is 2.26. The molecule has 1 unspecified atom stereocenters. The zero-order valence-electron chi connectivity index (χ0n) is 9.62. The van der Waals surface area contributed by atoms with Gasteiger partial charge in [0.2, 0.25) is 0 Å². The molecule has 0 radical (unpaired) electrons. The lowest BCUT2D eigenvalue weighted by Gasteiger charge is -2.20. The van der Waals surface area contributed by atoms with Gasteiger partial charge in [-0.2, -0.15) is 0 Å². The Bertz CT molecular complexity index is 669. The van der Waals surface area contributed by atoms with Gasteiger partial charge < -0.3 is 4.98 Å². The van der Waals surface area contributed by atoms with Gasteiger partial charge in [-0.3, -0.25) is 9.59 Å².